The monoisotopic (exact) mass is 432 g/mol. The third-order valence-electron chi connectivity index (χ3n) is 6.57. The highest BCUT2D eigenvalue weighted by atomic mass is 16.5. The molecule has 1 aliphatic rings. The van der Waals surface area contributed by atoms with Gasteiger partial charge in [-0.05, 0) is 62.8 Å². The maximum absolute atomic E-state index is 13.1. The van der Waals surface area contributed by atoms with Crippen molar-refractivity contribution in [3.63, 3.8) is 0 Å². The van der Waals surface area contributed by atoms with Crippen LogP contribution in [-0.4, -0.2) is 27.5 Å². The molecule has 0 spiro atoms. The van der Waals surface area contributed by atoms with Crippen molar-refractivity contribution in [3.8, 4) is 5.75 Å². The van der Waals surface area contributed by atoms with Gasteiger partial charge in [0.15, 0.2) is 0 Å². The Bertz CT molecular complexity index is 1030. The molecule has 1 aromatic heterocycles. The fourth-order valence-electron chi connectivity index (χ4n) is 3.89. The van der Waals surface area contributed by atoms with Gasteiger partial charge in [-0.15, -0.1) is 5.10 Å². The highest BCUT2D eigenvalue weighted by Gasteiger charge is 2.22. The Labute approximate surface area is 190 Å². The second-order valence-corrected chi connectivity index (χ2v) is 8.81. The van der Waals surface area contributed by atoms with Crippen molar-refractivity contribution < 1.29 is 9.53 Å². The van der Waals surface area contributed by atoms with E-state index in [4.69, 9.17) is 4.74 Å². The van der Waals surface area contributed by atoms with Gasteiger partial charge in [-0.3, -0.25) is 4.79 Å². The molecule has 1 amide bonds. The zero-order chi connectivity index (χ0) is 22.5. The van der Waals surface area contributed by atoms with Crippen LogP contribution < -0.4 is 10.1 Å². The highest BCUT2D eigenvalue weighted by Crippen LogP contribution is 2.28. The van der Waals surface area contributed by atoms with Crippen molar-refractivity contribution >= 4 is 5.91 Å². The van der Waals surface area contributed by atoms with Crippen LogP contribution in [-0.2, 0) is 11.3 Å². The van der Waals surface area contributed by atoms with E-state index in [1.165, 1.54) is 19.3 Å². The number of benzene rings is 2. The van der Waals surface area contributed by atoms with Gasteiger partial charge in [0.1, 0.15) is 5.75 Å². The van der Waals surface area contributed by atoms with Gasteiger partial charge >= 0.3 is 0 Å². The molecule has 1 fully saturated rings. The normalized spacial score (nSPS) is 15.6. The number of rotatable bonds is 9. The van der Waals surface area contributed by atoms with Crippen LogP contribution in [0, 0.1) is 19.8 Å². The Morgan fingerprint density at radius 3 is 2.41 bits per heavy atom. The quantitative estimate of drug-likeness (QED) is 0.530. The van der Waals surface area contributed by atoms with Crippen molar-refractivity contribution in [2.45, 2.75) is 58.5 Å². The summed E-state index contributed by atoms with van der Waals surface area (Å²) in [7, 11) is 0. The summed E-state index contributed by atoms with van der Waals surface area (Å²) in [5.74, 6) is 1.30. The van der Waals surface area contributed by atoms with E-state index in [-0.39, 0.29) is 17.9 Å². The van der Waals surface area contributed by atoms with E-state index in [0.717, 1.165) is 34.9 Å². The summed E-state index contributed by atoms with van der Waals surface area (Å²) < 4.78 is 7.80. The van der Waals surface area contributed by atoms with Crippen molar-refractivity contribution in [2.24, 2.45) is 5.92 Å². The summed E-state index contributed by atoms with van der Waals surface area (Å²) in [6.07, 6.45) is 3.85. The number of hydrogen-bond donors (Lipinski definition) is 1. The number of aromatic nitrogens is 3. The van der Waals surface area contributed by atoms with Crippen molar-refractivity contribution in [2.75, 3.05) is 6.61 Å². The molecule has 1 saturated carbocycles. The van der Waals surface area contributed by atoms with Gasteiger partial charge in [0, 0.05) is 0 Å². The minimum atomic E-state index is -0.248. The molecule has 1 heterocycles. The molecule has 0 saturated heterocycles. The molecule has 2 atom stereocenters. The second-order valence-electron chi connectivity index (χ2n) is 8.81. The van der Waals surface area contributed by atoms with Crippen LogP contribution in [0.1, 0.15) is 60.7 Å². The zero-order valence-electron chi connectivity index (χ0n) is 19.1. The Morgan fingerprint density at radius 1 is 1.09 bits per heavy atom. The number of carbonyl (C=O) groups is 1. The molecule has 0 radical (unpaired) electrons. The van der Waals surface area contributed by atoms with Gasteiger partial charge in [0.05, 0.1) is 36.5 Å². The van der Waals surface area contributed by atoms with E-state index in [9.17, 15) is 4.79 Å². The molecule has 0 bridgehead atoms. The number of carbonyl (C=O) groups excluding carboxylic acids is 1. The molecular weight excluding hydrogens is 400 g/mol. The minimum absolute atomic E-state index is 0.0130. The average molecular weight is 433 g/mol. The highest BCUT2D eigenvalue weighted by molar-refractivity contribution is 5.83. The van der Waals surface area contributed by atoms with Gasteiger partial charge in [-0.1, -0.05) is 54.1 Å². The van der Waals surface area contributed by atoms with Crippen LogP contribution in [0.15, 0.2) is 54.6 Å². The lowest BCUT2D eigenvalue weighted by atomic mass is 9.86. The molecule has 3 aromatic rings. The molecule has 2 aromatic carbocycles. The van der Waals surface area contributed by atoms with Crippen molar-refractivity contribution in [1.82, 2.24) is 20.3 Å². The predicted molar refractivity (Wildman–Crippen MR) is 125 cm³/mol. The minimum Gasteiger partial charge on any atom is -0.493 e. The number of aryl methyl sites for hydroxylation is 1. The SMILES string of the molecule is Cc1nnn(C[C@H](NC(=O)[C@@H](C)c2ccccc2)c2ccc(OCC3CCC3)cc2)c1C. The third-order valence-corrected chi connectivity index (χ3v) is 6.57. The predicted octanol–water partition coefficient (Wildman–Crippen LogP) is 4.74. The van der Waals surface area contributed by atoms with E-state index >= 15 is 0 Å². The van der Waals surface area contributed by atoms with E-state index < -0.39 is 0 Å². The lowest BCUT2D eigenvalue weighted by molar-refractivity contribution is -0.123. The van der Waals surface area contributed by atoms with Crippen LogP contribution in [0.3, 0.4) is 0 Å². The van der Waals surface area contributed by atoms with Gasteiger partial charge in [0.2, 0.25) is 5.91 Å². The van der Waals surface area contributed by atoms with Crippen molar-refractivity contribution in [1.29, 1.82) is 0 Å². The topological polar surface area (TPSA) is 69.0 Å². The number of hydrogen-bond acceptors (Lipinski definition) is 4. The largest absolute Gasteiger partial charge is 0.493 e. The lowest BCUT2D eigenvalue weighted by Crippen LogP contribution is -2.34. The van der Waals surface area contributed by atoms with Crippen LogP contribution in [0.25, 0.3) is 0 Å². The molecular formula is C26H32N4O2. The molecule has 32 heavy (non-hydrogen) atoms. The first-order valence-corrected chi connectivity index (χ1v) is 11.5. The molecule has 0 unspecified atom stereocenters. The van der Waals surface area contributed by atoms with E-state index in [1.54, 1.807) is 0 Å². The Hall–Kier alpha value is -3.15. The third kappa shape index (κ3) is 5.18. The van der Waals surface area contributed by atoms with E-state index in [0.29, 0.717) is 12.5 Å². The van der Waals surface area contributed by atoms with Crippen LogP contribution >= 0.6 is 0 Å². The van der Waals surface area contributed by atoms with E-state index in [1.807, 2.05) is 80.1 Å². The molecule has 168 valence electrons. The van der Waals surface area contributed by atoms with Crippen LogP contribution in [0.2, 0.25) is 0 Å². The number of ether oxygens (including phenoxy) is 1. The molecule has 1 aliphatic carbocycles. The molecule has 6 nitrogen and oxygen atoms in total. The number of nitrogens with one attached hydrogen (secondary N) is 1. The first-order valence-electron chi connectivity index (χ1n) is 11.5. The van der Waals surface area contributed by atoms with Gasteiger partial charge < -0.3 is 10.1 Å². The second kappa shape index (κ2) is 9.98. The fraction of sp³-hybridized carbons (Fsp3) is 0.423. The van der Waals surface area contributed by atoms with Crippen LogP contribution in [0.4, 0.5) is 0 Å². The maximum atomic E-state index is 13.1. The zero-order valence-corrected chi connectivity index (χ0v) is 19.1. The number of nitrogens with zero attached hydrogens (tertiary/aromatic N) is 3. The Morgan fingerprint density at radius 2 is 1.81 bits per heavy atom. The lowest BCUT2D eigenvalue weighted by Gasteiger charge is -2.25. The molecule has 1 N–H and O–H groups in total. The van der Waals surface area contributed by atoms with Gasteiger partial charge in [0.25, 0.3) is 0 Å². The summed E-state index contributed by atoms with van der Waals surface area (Å²) in [6, 6.07) is 17.7. The fourth-order valence-corrected chi connectivity index (χ4v) is 3.89. The van der Waals surface area contributed by atoms with E-state index in [2.05, 4.69) is 15.6 Å². The van der Waals surface area contributed by atoms with Crippen LogP contribution in [0.5, 0.6) is 5.75 Å². The smallest absolute Gasteiger partial charge is 0.227 e. The van der Waals surface area contributed by atoms with Gasteiger partial charge in [-0.25, -0.2) is 4.68 Å². The maximum Gasteiger partial charge on any atom is 0.227 e. The average Bonchev–Trinajstić information content (AvgIpc) is 3.10. The summed E-state index contributed by atoms with van der Waals surface area (Å²) in [6.45, 7) is 7.17. The molecule has 0 aliphatic heterocycles. The summed E-state index contributed by atoms with van der Waals surface area (Å²) in [5, 5.41) is 11.7. The number of amides is 1. The molecule has 4 rings (SSSR count). The Kier molecular flexibility index (Phi) is 6.88. The van der Waals surface area contributed by atoms with Gasteiger partial charge in [-0.2, -0.15) is 0 Å². The summed E-state index contributed by atoms with van der Waals surface area (Å²) in [4.78, 5) is 13.1. The van der Waals surface area contributed by atoms with Crippen molar-refractivity contribution in [3.05, 3.63) is 77.1 Å². The molecule has 6 heteroatoms. The first kappa shape index (κ1) is 22.1. The Balaban J connectivity index is 1.50. The first-order chi connectivity index (χ1) is 15.5. The summed E-state index contributed by atoms with van der Waals surface area (Å²) in [5.41, 5.74) is 3.91. The standard InChI is InChI=1S/C26H32N4O2/c1-18(22-10-5-4-6-11-22)26(31)27-25(16-30-20(3)19(2)28-29-30)23-12-14-24(15-13-23)32-17-21-8-7-9-21/h4-6,10-15,18,21,25H,7-9,16-17H2,1-3H3,(H,27,31)/t18-,25-/m0/s1. The summed E-state index contributed by atoms with van der Waals surface area (Å²) >= 11 is 0.